The lowest BCUT2D eigenvalue weighted by molar-refractivity contribution is -0.128. The van der Waals surface area contributed by atoms with Gasteiger partial charge in [0.2, 0.25) is 0 Å². The van der Waals surface area contributed by atoms with Crippen molar-refractivity contribution in [1.82, 2.24) is 30.0 Å². The zero-order valence-corrected chi connectivity index (χ0v) is 24.1. The molecule has 4 aromatic rings. The van der Waals surface area contributed by atoms with Crippen LogP contribution < -0.4 is 15.8 Å². The van der Waals surface area contributed by atoms with Crippen LogP contribution in [0.15, 0.2) is 66.5 Å². The van der Waals surface area contributed by atoms with Crippen LogP contribution in [0.4, 0.5) is 10.2 Å². The summed E-state index contributed by atoms with van der Waals surface area (Å²) in [6.45, 7) is 4.78. The number of nitrogen functional groups attached to an aromatic ring is 1. The zero-order valence-electron chi connectivity index (χ0n) is 24.1. The third-order valence-electron chi connectivity index (χ3n) is 7.73. The highest BCUT2D eigenvalue weighted by molar-refractivity contribution is 5.99. The van der Waals surface area contributed by atoms with Crippen molar-refractivity contribution in [1.29, 1.82) is 5.26 Å². The molecule has 1 amide bonds. The van der Waals surface area contributed by atoms with E-state index in [2.05, 4.69) is 21.4 Å². The van der Waals surface area contributed by atoms with Gasteiger partial charge in [0.1, 0.15) is 46.8 Å². The number of nitrogens with two attached hydrogens (primary N) is 1. The minimum Gasteiger partial charge on any atom is -0.457 e. The van der Waals surface area contributed by atoms with Gasteiger partial charge < -0.3 is 20.7 Å². The molecule has 0 radical (unpaired) electrons. The Morgan fingerprint density at radius 2 is 1.95 bits per heavy atom. The van der Waals surface area contributed by atoms with Crippen LogP contribution in [-0.2, 0) is 4.79 Å². The average molecular weight is 581 g/mol. The van der Waals surface area contributed by atoms with Gasteiger partial charge >= 0.3 is 0 Å². The van der Waals surface area contributed by atoms with Gasteiger partial charge in [-0.1, -0.05) is 18.2 Å². The lowest BCUT2D eigenvalue weighted by atomic mass is 9.99. The Kier molecular flexibility index (Phi) is 7.54. The van der Waals surface area contributed by atoms with Gasteiger partial charge in [-0.05, 0) is 69.9 Å². The van der Waals surface area contributed by atoms with E-state index >= 15 is 4.39 Å². The molecule has 43 heavy (non-hydrogen) atoms. The summed E-state index contributed by atoms with van der Waals surface area (Å²) in [6, 6.07) is 16.0. The summed E-state index contributed by atoms with van der Waals surface area (Å²) < 4.78 is 23.1. The molecule has 2 aliphatic rings. The number of piperidine rings is 1. The highest BCUT2D eigenvalue weighted by Gasteiger charge is 2.33. The molecule has 1 atom stereocenters. The second-order valence-electron chi connectivity index (χ2n) is 11.7. The molecule has 3 heterocycles. The maximum Gasteiger partial charge on any atom is 0.264 e. The topological polar surface area (TPSA) is 135 Å². The number of halogens is 1. The van der Waals surface area contributed by atoms with Crippen LogP contribution >= 0.6 is 0 Å². The number of nitrogens with zero attached hydrogens (tertiary/aromatic N) is 6. The molecule has 0 unspecified atom stereocenters. The Morgan fingerprint density at radius 3 is 2.67 bits per heavy atom. The second kappa shape index (κ2) is 11.5. The number of hydrogen-bond donors (Lipinski definition) is 2. The number of fused-ring (bicyclic) bond motifs is 1. The summed E-state index contributed by atoms with van der Waals surface area (Å²) in [7, 11) is 0. The summed E-state index contributed by atoms with van der Waals surface area (Å²) in [6.07, 6.45) is 6.70. The van der Waals surface area contributed by atoms with E-state index in [1.807, 2.05) is 32.0 Å². The zero-order chi connectivity index (χ0) is 30.1. The van der Waals surface area contributed by atoms with Gasteiger partial charge in [-0.25, -0.2) is 19.0 Å². The van der Waals surface area contributed by atoms with Gasteiger partial charge in [-0.15, -0.1) is 0 Å². The van der Waals surface area contributed by atoms with Crippen LogP contribution in [0.5, 0.6) is 11.5 Å². The first kappa shape index (κ1) is 28.3. The molecule has 2 aromatic carbocycles. The fraction of sp³-hybridized carbons (Fsp3) is 0.344. The van der Waals surface area contributed by atoms with Crippen LogP contribution in [0.25, 0.3) is 22.3 Å². The maximum absolute atomic E-state index is 15.6. The van der Waals surface area contributed by atoms with Crippen molar-refractivity contribution < 1.29 is 13.9 Å². The van der Waals surface area contributed by atoms with Crippen LogP contribution in [0.1, 0.15) is 45.6 Å². The SMILES string of the molecule is CC(C)(C=C(C#N)C(=O)N1CCC[C@H](n2nc(-c3ccc(Oc4ccccc4)cc3F)c3c(N)ncnc32)C1)NC1CC1. The fourth-order valence-electron chi connectivity index (χ4n) is 5.62. The van der Waals surface area contributed by atoms with Crippen molar-refractivity contribution in [2.45, 2.75) is 57.2 Å². The minimum atomic E-state index is -0.532. The van der Waals surface area contributed by atoms with E-state index in [-0.39, 0.29) is 28.9 Å². The molecule has 2 fully saturated rings. The van der Waals surface area contributed by atoms with Crippen molar-refractivity contribution in [3.63, 3.8) is 0 Å². The normalized spacial score (nSPS) is 17.6. The smallest absolute Gasteiger partial charge is 0.264 e. The Bertz CT molecular complexity index is 1740. The van der Waals surface area contributed by atoms with Gasteiger partial charge in [0, 0.05) is 36.3 Å². The molecule has 6 rings (SSSR count). The lowest BCUT2D eigenvalue weighted by Crippen LogP contribution is -2.43. The number of nitrogens with one attached hydrogen (secondary N) is 1. The number of amides is 1. The van der Waals surface area contributed by atoms with E-state index in [9.17, 15) is 10.1 Å². The number of rotatable bonds is 8. The number of anilines is 1. The molecule has 2 aromatic heterocycles. The molecule has 11 heteroatoms. The number of carbonyl (C=O) groups excluding carboxylic acids is 1. The molecule has 3 N–H and O–H groups in total. The van der Waals surface area contributed by atoms with Crippen molar-refractivity contribution in [3.05, 3.63) is 72.3 Å². The van der Waals surface area contributed by atoms with E-state index in [0.717, 1.165) is 19.3 Å². The molecule has 1 aliphatic carbocycles. The van der Waals surface area contributed by atoms with Crippen LogP contribution in [0.3, 0.4) is 0 Å². The first-order chi connectivity index (χ1) is 20.7. The lowest BCUT2D eigenvalue weighted by Gasteiger charge is -2.33. The summed E-state index contributed by atoms with van der Waals surface area (Å²) in [4.78, 5) is 23.8. The molecule has 220 valence electrons. The standard InChI is InChI=1S/C32H33FN8O2/c1-32(2,38-21-10-11-21)16-20(17-34)31(42)40-14-6-7-22(18-40)41-30-27(29(35)36-19-37-30)28(39-41)25-13-12-24(15-26(25)33)43-23-8-4-3-5-9-23/h3-5,8-9,12-13,15-16,19,21-22,38H,6-7,10-11,14,18H2,1-2H3,(H2,35,36,37)/t22-/m0/s1. The first-order valence-corrected chi connectivity index (χ1v) is 14.4. The van der Waals surface area contributed by atoms with Gasteiger partial charge in [0.05, 0.1) is 11.4 Å². The fourth-order valence-corrected chi connectivity index (χ4v) is 5.62. The van der Waals surface area contributed by atoms with E-state index < -0.39 is 11.4 Å². The second-order valence-corrected chi connectivity index (χ2v) is 11.7. The van der Waals surface area contributed by atoms with Crippen LogP contribution in [0.2, 0.25) is 0 Å². The van der Waals surface area contributed by atoms with E-state index in [4.69, 9.17) is 15.6 Å². The van der Waals surface area contributed by atoms with E-state index in [1.165, 1.54) is 12.4 Å². The predicted octanol–water partition coefficient (Wildman–Crippen LogP) is 5.15. The number of ether oxygens (including phenoxy) is 1. The number of hydrogen-bond acceptors (Lipinski definition) is 8. The maximum atomic E-state index is 15.6. The number of benzene rings is 2. The summed E-state index contributed by atoms with van der Waals surface area (Å²) in [5.41, 5.74) is 6.91. The van der Waals surface area contributed by atoms with Crippen molar-refractivity contribution in [2.24, 2.45) is 0 Å². The third kappa shape index (κ3) is 6.05. The number of likely N-dealkylation sites (tertiary alicyclic amines) is 1. The highest BCUT2D eigenvalue weighted by Crippen LogP contribution is 2.36. The molecular formula is C32H33FN8O2. The number of aromatic nitrogens is 4. The van der Waals surface area contributed by atoms with Crippen LogP contribution in [-0.4, -0.2) is 55.2 Å². The van der Waals surface area contributed by atoms with Gasteiger partial charge in [-0.3, -0.25) is 4.79 Å². The molecular weight excluding hydrogens is 547 g/mol. The van der Waals surface area contributed by atoms with Gasteiger partial charge in [0.15, 0.2) is 5.65 Å². The van der Waals surface area contributed by atoms with Crippen molar-refractivity contribution in [3.8, 4) is 28.8 Å². The van der Waals surface area contributed by atoms with Gasteiger partial charge in [0.25, 0.3) is 5.91 Å². The highest BCUT2D eigenvalue weighted by atomic mass is 19.1. The van der Waals surface area contributed by atoms with E-state index in [0.29, 0.717) is 53.8 Å². The van der Waals surface area contributed by atoms with Gasteiger partial charge in [-0.2, -0.15) is 10.4 Å². The number of nitriles is 1. The third-order valence-corrected chi connectivity index (χ3v) is 7.73. The number of carbonyl (C=O) groups is 1. The Hall–Kier alpha value is -4.82. The molecule has 0 spiro atoms. The predicted molar refractivity (Wildman–Crippen MR) is 160 cm³/mol. The Labute approximate surface area is 249 Å². The molecule has 1 aliphatic heterocycles. The molecule has 1 saturated carbocycles. The minimum absolute atomic E-state index is 0.108. The summed E-state index contributed by atoms with van der Waals surface area (Å²) >= 11 is 0. The molecule has 1 saturated heterocycles. The first-order valence-electron chi connectivity index (χ1n) is 14.4. The quantitative estimate of drug-likeness (QED) is 0.216. The molecule has 10 nitrogen and oxygen atoms in total. The van der Waals surface area contributed by atoms with Crippen LogP contribution in [0, 0.1) is 17.1 Å². The number of para-hydroxylation sites is 1. The molecule has 0 bridgehead atoms. The Morgan fingerprint density at radius 1 is 1.16 bits per heavy atom. The van der Waals surface area contributed by atoms with Crippen molar-refractivity contribution >= 4 is 22.8 Å². The Balaban J connectivity index is 1.29. The largest absolute Gasteiger partial charge is 0.457 e. The summed E-state index contributed by atoms with van der Waals surface area (Å²) in [5, 5.41) is 18.6. The average Bonchev–Trinajstić information content (AvgIpc) is 3.72. The summed E-state index contributed by atoms with van der Waals surface area (Å²) in [5.74, 6) is 0.270. The van der Waals surface area contributed by atoms with E-state index in [1.54, 1.807) is 39.9 Å². The van der Waals surface area contributed by atoms with Crippen molar-refractivity contribution in [2.75, 3.05) is 18.8 Å². The monoisotopic (exact) mass is 580 g/mol.